The number of hydrogen-bond acceptors (Lipinski definition) is 7. The SMILES string of the molecule is CC1(C)NC(=O)N(CC(=O)OCC(=O)Nc2ccc3c(c2)OCO3)C1=O. The summed E-state index contributed by atoms with van der Waals surface area (Å²) in [6.07, 6.45) is 0. The van der Waals surface area contributed by atoms with Crippen molar-refractivity contribution in [3.05, 3.63) is 18.2 Å². The maximum Gasteiger partial charge on any atom is 0.326 e. The topological polar surface area (TPSA) is 123 Å². The highest BCUT2D eigenvalue weighted by Gasteiger charge is 2.45. The average molecular weight is 363 g/mol. The molecular formula is C16H17N3O7. The third kappa shape index (κ3) is 3.53. The molecule has 1 fully saturated rings. The van der Waals surface area contributed by atoms with Crippen molar-refractivity contribution in [2.45, 2.75) is 19.4 Å². The molecule has 10 heteroatoms. The van der Waals surface area contributed by atoms with E-state index in [0.717, 1.165) is 4.90 Å². The molecule has 0 saturated carbocycles. The molecule has 138 valence electrons. The fraction of sp³-hybridized carbons (Fsp3) is 0.375. The molecule has 0 spiro atoms. The van der Waals surface area contributed by atoms with Crippen LogP contribution in [0.3, 0.4) is 0 Å². The molecule has 1 aromatic carbocycles. The van der Waals surface area contributed by atoms with Crippen LogP contribution < -0.4 is 20.1 Å². The average Bonchev–Trinajstić information content (AvgIpc) is 3.10. The fourth-order valence-electron chi connectivity index (χ4n) is 2.45. The van der Waals surface area contributed by atoms with E-state index in [1.165, 1.54) is 13.8 Å². The van der Waals surface area contributed by atoms with Gasteiger partial charge >= 0.3 is 12.0 Å². The van der Waals surface area contributed by atoms with Gasteiger partial charge in [0, 0.05) is 11.8 Å². The third-order valence-corrected chi connectivity index (χ3v) is 3.75. The molecule has 0 atom stereocenters. The number of amides is 4. The molecule has 0 aromatic heterocycles. The van der Waals surface area contributed by atoms with Crippen molar-refractivity contribution in [2.24, 2.45) is 0 Å². The molecule has 10 nitrogen and oxygen atoms in total. The molecule has 0 bridgehead atoms. The molecule has 2 N–H and O–H groups in total. The Kier molecular flexibility index (Phi) is 4.41. The predicted octanol–water partition coefficient (Wildman–Crippen LogP) is 0.227. The Hall–Kier alpha value is -3.30. The molecule has 1 saturated heterocycles. The number of hydrogen-bond donors (Lipinski definition) is 2. The first-order chi connectivity index (χ1) is 12.3. The van der Waals surface area contributed by atoms with E-state index in [1.807, 2.05) is 0 Å². The summed E-state index contributed by atoms with van der Waals surface area (Å²) in [5.74, 6) is -0.905. The van der Waals surface area contributed by atoms with E-state index < -0.39 is 42.5 Å². The second-order valence-corrected chi connectivity index (χ2v) is 6.22. The first-order valence-corrected chi connectivity index (χ1v) is 7.75. The van der Waals surface area contributed by atoms with E-state index in [9.17, 15) is 19.2 Å². The summed E-state index contributed by atoms with van der Waals surface area (Å²) in [6.45, 7) is 2.05. The molecule has 2 heterocycles. The van der Waals surface area contributed by atoms with Crippen molar-refractivity contribution in [3.8, 4) is 11.5 Å². The van der Waals surface area contributed by atoms with Crippen LogP contribution in [0.5, 0.6) is 11.5 Å². The fourth-order valence-corrected chi connectivity index (χ4v) is 2.45. The first-order valence-electron chi connectivity index (χ1n) is 7.75. The predicted molar refractivity (Wildman–Crippen MR) is 86.5 cm³/mol. The van der Waals surface area contributed by atoms with Crippen molar-refractivity contribution in [3.63, 3.8) is 0 Å². The van der Waals surface area contributed by atoms with Crippen LogP contribution in [0.25, 0.3) is 0 Å². The van der Waals surface area contributed by atoms with Gasteiger partial charge in [0.25, 0.3) is 11.8 Å². The lowest BCUT2D eigenvalue weighted by molar-refractivity contribution is -0.150. The molecule has 3 rings (SSSR count). The van der Waals surface area contributed by atoms with Gasteiger partial charge in [0.2, 0.25) is 6.79 Å². The Labute approximate surface area is 148 Å². The van der Waals surface area contributed by atoms with Crippen molar-refractivity contribution < 1.29 is 33.4 Å². The minimum Gasteiger partial charge on any atom is -0.454 e. The van der Waals surface area contributed by atoms with E-state index in [0.29, 0.717) is 17.2 Å². The zero-order chi connectivity index (χ0) is 18.9. The second kappa shape index (κ2) is 6.54. The number of rotatable bonds is 5. The van der Waals surface area contributed by atoms with Crippen molar-refractivity contribution in [2.75, 3.05) is 25.3 Å². The zero-order valence-corrected chi connectivity index (χ0v) is 14.2. The van der Waals surface area contributed by atoms with Gasteiger partial charge in [0.15, 0.2) is 18.1 Å². The van der Waals surface area contributed by atoms with Crippen LogP contribution in [0.4, 0.5) is 10.5 Å². The molecular weight excluding hydrogens is 346 g/mol. The van der Waals surface area contributed by atoms with Crippen LogP contribution in [-0.4, -0.2) is 54.2 Å². The maximum absolute atomic E-state index is 12.0. The number of ether oxygens (including phenoxy) is 3. The van der Waals surface area contributed by atoms with Crippen molar-refractivity contribution in [1.82, 2.24) is 10.2 Å². The third-order valence-electron chi connectivity index (χ3n) is 3.75. The highest BCUT2D eigenvalue weighted by atomic mass is 16.7. The highest BCUT2D eigenvalue weighted by molar-refractivity contribution is 6.08. The van der Waals surface area contributed by atoms with Crippen LogP contribution in [0, 0.1) is 0 Å². The summed E-state index contributed by atoms with van der Waals surface area (Å²) in [5.41, 5.74) is -0.625. The number of nitrogens with zero attached hydrogens (tertiary/aromatic N) is 1. The number of anilines is 1. The molecule has 0 aliphatic carbocycles. The van der Waals surface area contributed by atoms with Gasteiger partial charge in [-0.15, -0.1) is 0 Å². The Balaban J connectivity index is 1.48. The molecule has 2 aliphatic rings. The van der Waals surface area contributed by atoms with Gasteiger partial charge in [-0.2, -0.15) is 0 Å². The minimum atomic E-state index is -1.08. The Morgan fingerprint density at radius 1 is 1.27 bits per heavy atom. The lowest BCUT2D eigenvalue weighted by atomic mass is 10.1. The molecule has 0 unspecified atom stereocenters. The van der Waals surface area contributed by atoms with Gasteiger partial charge in [-0.25, -0.2) is 4.79 Å². The Morgan fingerprint density at radius 2 is 2.00 bits per heavy atom. The lowest BCUT2D eigenvalue weighted by Gasteiger charge is -2.15. The Morgan fingerprint density at radius 3 is 2.69 bits per heavy atom. The summed E-state index contributed by atoms with van der Waals surface area (Å²) in [5, 5.41) is 4.98. The maximum atomic E-state index is 12.0. The highest BCUT2D eigenvalue weighted by Crippen LogP contribution is 2.34. The second-order valence-electron chi connectivity index (χ2n) is 6.22. The van der Waals surface area contributed by atoms with Crippen LogP contribution in [0.15, 0.2) is 18.2 Å². The van der Waals surface area contributed by atoms with Gasteiger partial charge < -0.3 is 24.8 Å². The molecule has 2 aliphatic heterocycles. The molecule has 4 amide bonds. The van der Waals surface area contributed by atoms with Gasteiger partial charge in [0.05, 0.1) is 0 Å². The van der Waals surface area contributed by atoms with Crippen molar-refractivity contribution in [1.29, 1.82) is 0 Å². The quantitative estimate of drug-likeness (QED) is 0.567. The molecule has 0 radical (unpaired) electrons. The summed E-state index contributed by atoms with van der Waals surface area (Å²) < 4.78 is 15.2. The van der Waals surface area contributed by atoms with Crippen LogP contribution in [-0.2, 0) is 19.1 Å². The van der Waals surface area contributed by atoms with Gasteiger partial charge in [-0.3, -0.25) is 19.3 Å². The number of fused-ring (bicyclic) bond motifs is 1. The van der Waals surface area contributed by atoms with Gasteiger partial charge in [-0.1, -0.05) is 0 Å². The molecule has 26 heavy (non-hydrogen) atoms. The van der Waals surface area contributed by atoms with Crippen LogP contribution >= 0.6 is 0 Å². The molecule has 1 aromatic rings. The van der Waals surface area contributed by atoms with Gasteiger partial charge in [-0.05, 0) is 26.0 Å². The minimum absolute atomic E-state index is 0.115. The standard InChI is InChI=1S/C16H17N3O7/c1-16(2)14(22)19(15(23)18-16)6-13(21)24-7-12(20)17-9-3-4-10-11(5-9)26-8-25-10/h3-5H,6-8H2,1-2H3,(H,17,20)(H,18,23). The van der Waals surface area contributed by atoms with E-state index in [1.54, 1.807) is 18.2 Å². The number of imide groups is 1. The van der Waals surface area contributed by atoms with E-state index in [2.05, 4.69) is 10.6 Å². The number of nitrogens with one attached hydrogen (secondary N) is 2. The van der Waals surface area contributed by atoms with Crippen molar-refractivity contribution >= 4 is 29.5 Å². The monoisotopic (exact) mass is 363 g/mol. The van der Waals surface area contributed by atoms with Gasteiger partial charge in [0.1, 0.15) is 12.1 Å². The van der Waals surface area contributed by atoms with E-state index in [-0.39, 0.29) is 6.79 Å². The smallest absolute Gasteiger partial charge is 0.326 e. The van der Waals surface area contributed by atoms with Crippen LogP contribution in [0.2, 0.25) is 0 Å². The normalized spacial score (nSPS) is 17.1. The zero-order valence-electron chi connectivity index (χ0n) is 14.2. The first kappa shape index (κ1) is 17.5. The number of esters is 1. The number of carbonyl (C=O) groups is 4. The van der Waals surface area contributed by atoms with Crippen LogP contribution in [0.1, 0.15) is 13.8 Å². The summed E-state index contributed by atoms with van der Waals surface area (Å²) in [4.78, 5) is 48.1. The summed E-state index contributed by atoms with van der Waals surface area (Å²) in [7, 11) is 0. The number of urea groups is 1. The number of benzene rings is 1. The largest absolute Gasteiger partial charge is 0.454 e. The van der Waals surface area contributed by atoms with E-state index in [4.69, 9.17) is 14.2 Å². The summed E-state index contributed by atoms with van der Waals surface area (Å²) >= 11 is 0. The lowest BCUT2D eigenvalue weighted by Crippen LogP contribution is -2.41. The van der Waals surface area contributed by atoms with E-state index >= 15 is 0 Å². The Bertz CT molecular complexity index is 790. The number of carbonyl (C=O) groups excluding carboxylic acids is 4. The summed E-state index contributed by atoms with van der Waals surface area (Å²) in [6, 6.07) is 4.16.